The van der Waals surface area contributed by atoms with E-state index >= 15 is 0 Å². The van der Waals surface area contributed by atoms with E-state index in [0.29, 0.717) is 23.7 Å². The monoisotopic (exact) mass is 324 g/mol. The molecular weight excluding hydrogens is 304 g/mol. The normalized spacial score (nSPS) is 13.2. The van der Waals surface area contributed by atoms with Crippen LogP contribution in [0, 0.1) is 0 Å². The zero-order chi connectivity index (χ0) is 16.9. The molecule has 2 amide bonds. The van der Waals surface area contributed by atoms with Gasteiger partial charge in [0.05, 0.1) is 7.11 Å². The Labute approximate surface area is 141 Å². The maximum atomic E-state index is 12.3. The molecule has 0 atom stereocenters. The summed E-state index contributed by atoms with van der Waals surface area (Å²) >= 11 is 0. The quantitative estimate of drug-likeness (QED) is 0.858. The molecule has 5 nitrogen and oxygen atoms in total. The molecule has 3 rings (SSSR count). The van der Waals surface area contributed by atoms with Crippen molar-refractivity contribution in [2.24, 2.45) is 0 Å². The molecule has 0 spiro atoms. The van der Waals surface area contributed by atoms with Gasteiger partial charge in [-0.15, -0.1) is 0 Å². The number of nitrogens with one attached hydrogen (secondary N) is 2. The van der Waals surface area contributed by atoms with Crippen molar-refractivity contribution >= 4 is 11.8 Å². The van der Waals surface area contributed by atoms with E-state index in [4.69, 9.17) is 4.74 Å². The average Bonchev–Trinajstić information content (AvgIpc) is 3.44. The van der Waals surface area contributed by atoms with Gasteiger partial charge >= 0.3 is 0 Å². The molecule has 5 heteroatoms. The van der Waals surface area contributed by atoms with Crippen molar-refractivity contribution in [1.29, 1.82) is 0 Å². The number of ether oxygens (including phenoxy) is 1. The summed E-state index contributed by atoms with van der Waals surface area (Å²) in [5.74, 6) is 0.384. The van der Waals surface area contributed by atoms with Gasteiger partial charge in [-0.1, -0.05) is 24.3 Å². The number of rotatable bonds is 6. The van der Waals surface area contributed by atoms with Crippen molar-refractivity contribution in [2.75, 3.05) is 7.11 Å². The summed E-state index contributed by atoms with van der Waals surface area (Å²) in [5, 5.41) is 5.78. The lowest BCUT2D eigenvalue weighted by atomic mass is 10.1. The van der Waals surface area contributed by atoms with Crippen molar-refractivity contribution in [1.82, 2.24) is 10.6 Å². The predicted molar refractivity (Wildman–Crippen MR) is 91.1 cm³/mol. The summed E-state index contributed by atoms with van der Waals surface area (Å²) in [6, 6.07) is 14.6. The van der Waals surface area contributed by atoms with E-state index in [2.05, 4.69) is 10.6 Å². The van der Waals surface area contributed by atoms with Crippen LogP contribution < -0.4 is 15.4 Å². The van der Waals surface area contributed by atoms with E-state index in [1.807, 2.05) is 24.3 Å². The largest absolute Gasteiger partial charge is 0.496 e. The lowest BCUT2D eigenvalue weighted by molar-refractivity contribution is 0.0950. The van der Waals surface area contributed by atoms with Crippen LogP contribution in [0.4, 0.5) is 0 Å². The van der Waals surface area contributed by atoms with Gasteiger partial charge in [-0.2, -0.15) is 0 Å². The third kappa shape index (κ3) is 3.93. The number of hydrogen-bond acceptors (Lipinski definition) is 3. The third-order valence-corrected chi connectivity index (χ3v) is 3.93. The second kappa shape index (κ2) is 7.17. The molecule has 1 aliphatic carbocycles. The van der Waals surface area contributed by atoms with Crippen LogP contribution in [-0.2, 0) is 6.54 Å². The Morgan fingerprint density at radius 3 is 2.46 bits per heavy atom. The van der Waals surface area contributed by atoms with Gasteiger partial charge in [-0.25, -0.2) is 0 Å². The van der Waals surface area contributed by atoms with Crippen LogP contribution in [-0.4, -0.2) is 25.0 Å². The van der Waals surface area contributed by atoms with Gasteiger partial charge in [0.15, 0.2) is 0 Å². The Kier molecular flexibility index (Phi) is 4.79. The molecule has 1 saturated carbocycles. The van der Waals surface area contributed by atoms with Gasteiger partial charge < -0.3 is 15.4 Å². The maximum Gasteiger partial charge on any atom is 0.251 e. The summed E-state index contributed by atoms with van der Waals surface area (Å²) in [4.78, 5) is 24.4. The number of hydrogen-bond donors (Lipinski definition) is 2. The molecule has 2 aromatic rings. The molecule has 0 heterocycles. The molecule has 0 bridgehead atoms. The number of methoxy groups -OCH3 is 1. The van der Waals surface area contributed by atoms with Crippen LogP contribution in [0.5, 0.6) is 5.75 Å². The Hall–Kier alpha value is -2.82. The standard InChI is InChI=1S/C19H20N2O3/c1-24-17-8-3-2-5-15(17)12-20-18(22)13-6-4-7-14(11-13)19(23)21-16-9-10-16/h2-8,11,16H,9-10,12H2,1H3,(H,20,22)(H,21,23). The zero-order valence-electron chi connectivity index (χ0n) is 13.5. The minimum Gasteiger partial charge on any atom is -0.496 e. The van der Waals surface area contributed by atoms with Gasteiger partial charge in [-0.3, -0.25) is 9.59 Å². The van der Waals surface area contributed by atoms with Crippen molar-refractivity contribution < 1.29 is 14.3 Å². The van der Waals surface area contributed by atoms with E-state index in [-0.39, 0.29) is 11.8 Å². The maximum absolute atomic E-state index is 12.3. The molecule has 0 aromatic heterocycles. The summed E-state index contributed by atoms with van der Waals surface area (Å²) in [6.07, 6.45) is 2.07. The molecule has 1 fully saturated rings. The van der Waals surface area contributed by atoms with E-state index in [1.54, 1.807) is 31.4 Å². The summed E-state index contributed by atoms with van der Waals surface area (Å²) in [7, 11) is 1.60. The number of carbonyl (C=O) groups excluding carboxylic acids is 2. The highest BCUT2D eigenvalue weighted by Crippen LogP contribution is 2.20. The van der Waals surface area contributed by atoms with Crippen molar-refractivity contribution in [2.45, 2.75) is 25.4 Å². The van der Waals surface area contributed by atoms with Crippen LogP contribution >= 0.6 is 0 Å². The van der Waals surface area contributed by atoms with Gasteiger partial charge in [0, 0.05) is 29.3 Å². The van der Waals surface area contributed by atoms with Crippen LogP contribution in [0.3, 0.4) is 0 Å². The first-order chi connectivity index (χ1) is 11.7. The van der Waals surface area contributed by atoms with E-state index in [9.17, 15) is 9.59 Å². The molecule has 124 valence electrons. The topological polar surface area (TPSA) is 67.4 Å². The predicted octanol–water partition coefficient (Wildman–Crippen LogP) is 2.52. The third-order valence-electron chi connectivity index (χ3n) is 3.93. The fourth-order valence-electron chi connectivity index (χ4n) is 2.42. The van der Waals surface area contributed by atoms with Crippen LogP contribution in [0.15, 0.2) is 48.5 Å². The van der Waals surface area contributed by atoms with Crippen molar-refractivity contribution in [3.05, 3.63) is 65.2 Å². The smallest absolute Gasteiger partial charge is 0.251 e. The van der Waals surface area contributed by atoms with Gasteiger partial charge in [0.1, 0.15) is 5.75 Å². The molecule has 1 aliphatic rings. The Balaban J connectivity index is 1.65. The lowest BCUT2D eigenvalue weighted by Crippen LogP contribution is -2.26. The second-order valence-corrected chi connectivity index (χ2v) is 5.82. The van der Waals surface area contributed by atoms with E-state index in [0.717, 1.165) is 24.2 Å². The Bertz CT molecular complexity index is 754. The highest BCUT2D eigenvalue weighted by atomic mass is 16.5. The number of carbonyl (C=O) groups is 2. The SMILES string of the molecule is COc1ccccc1CNC(=O)c1cccc(C(=O)NC2CC2)c1. The fraction of sp³-hybridized carbons (Fsp3) is 0.263. The Morgan fingerprint density at radius 1 is 1.04 bits per heavy atom. The summed E-state index contributed by atoms with van der Waals surface area (Å²) < 4.78 is 5.27. The minimum atomic E-state index is -0.220. The zero-order valence-corrected chi connectivity index (χ0v) is 13.5. The number of para-hydroxylation sites is 1. The highest BCUT2D eigenvalue weighted by molar-refractivity contribution is 5.99. The molecule has 0 aliphatic heterocycles. The van der Waals surface area contributed by atoms with Gasteiger partial charge in [0.2, 0.25) is 0 Å². The van der Waals surface area contributed by atoms with Gasteiger partial charge in [0.25, 0.3) is 11.8 Å². The molecule has 0 saturated heterocycles. The molecule has 24 heavy (non-hydrogen) atoms. The van der Waals surface area contributed by atoms with Crippen molar-refractivity contribution in [3.8, 4) is 5.75 Å². The minimum absolute atomic E-state index is 0.128. The summed E-state index contributed by atoms with van der Waals surface area (Å²) in [6.45, 7) is 0.362. The number of benzene rings is 2. The molecule has 0 radical (unpaired) electrons. The van der Waals surface area contributed by atoms with E-state index < -0.39 is 0 Å². The molecular formula is C19H20N2O3. The average molecular weight is 324 g/mol. The first kappa shape index (κ1) is 16.1. The second-order valence-electron chi connectivity index (χ2n) is 5.82. The van der Waals surface area contributed by atoms with E-state index in [1.165, 1.54) is 0 Å². The first-order valence-corrected chi connectivity index (χ1v) is 7.98. The lowest BCUT2D eigenvalue weighted by Gasteiger charge is -2.10. The Morgan fingerprint density at radius 2 is 1.75 bits per heavy atom. The fourth-order valence-corrected chi connectivity index (χ4v) is 2.42. The number of amides is 2. The van der Waals surface area contributed by atoms with Crippen LogP contribution in [0.25, 0.3) is 0 Å². The molecule has 2 aromatic carbocycles. The molecule has 2 N–H and O–H groups in total. The van der Waals surface area contributed by atoms with Crippen LogP contribution in [0.1, 0.15) is 39.1 Å². The molecule has 0 unspecified atom stereocenters. The van der Waals surface area contributed by atoms with Crippen LogP contribution in [0.2, 0.25) is 0 Å². The van der Waals surface area contributed by atoms with Crippen molar-refractivity contribution in [3.63, 3.8) is 0 Å². The highest BCUT2D eigenvalue weighted by Gasteiger charge is 2.24. The van der Waals surface area contributed by atoms with Gasteiger partial charge in [-0.05, 0) is 37.1 Å². The summed E-state index contributed by atoms with van der Waals surface area (Å²) in [5.41, 5.74) is 1.87. The first-order valence-electron chi connectivity index (χ1n) is 7.98.